The first kappa shape index (κ1) is 122. The van der Waals surface area contributed by atoms with Crippen LogP contribution in [0, 0.1) is 29.2 Å². The third-order valence-corrected chi connectivity index (χ3v) is 19.5. The van der Waals surface area contributed by atoms with Crippen molar-refractivity contribution in [3.8, 4) is 0 Å². The summed E-state index contributed by atoms with van der Waals surface area (Å²) in [6.45, 7) is 11.9. The fourth-order valence-corrected chi connectivity index (χ4v) is 12.7. The topological polar surface area (TPSA) is 433 Å². The number of amides is 1. The SMILES string of the molecule is C.C1CCOC1.COC(=O)CC[C@@H]1N=C(c2ccccc2F)c2cc(Cl)ccc2CC1=O.COC(=O)CC[C@H](CC(=O)OC(C)(C)C)C(=O)O.COC(=O)CC[C@H](N)C(=O)Cc1ccc(Cl)cc1C(=O)c1ccccc1F.COC(=O)CC[C@H](NC(=O)OC(C)(C)C)C(=O)Cc1ccc(Cl)cc1C(=O)c1ccccc1F.Nc1ccc(Cl)cc1C(=O)c1ccccc1F.O=CO[O-].[H-].[Na+].[Na+]. The van der Waals surface area contributed by atoms with Gasteiger partial charge in [-0.1, -0.05) is 121 Å². The number of hydrogen-bond acceptors (Lipinski definition) is 26. The Balaban J connectivity index is 0.00000164. The Hall–Kier alpha value is -10.4. The minimum Gasteiger partial charge on any atom is -1.00 e. The molecule has 0 saturated carbocycles. The zero-order chi connectivity index (χ0) is 97.8. The van der Waals surface area contributed by atoms with Gasteiger partial charge in [-0.15, -0.1) is 0 Å². The summed E-state index contributed by atoms with van der Waals surface area (Å²) < 4.78 is 89.5. The molecule has 4 atom stereocenters. The molecule has 712 valence electrons. The number of hydrogen-bond donors (Lipinski definition) is 4. The van der Waals surface area contributed by atoms with E-state index in [1.165, 1.54) is 138 Å². The number of esters is 5. The molecule has 28 nitrogen and oxygen atoms in total. The number of alkyl carbamates (subject to hydrolysis) is 1. The number of nitrogen functional groups attached to an aromatic ring is 1. The molecule has 0 aliphatic carbocycles. The number of fused-ring (bicyclic) bond motifs is 1. The monoisotopic (exact) mass is 1960 g/mol. The van der Waals surface area contributed by atoms with Gasteiger partial charge in [-0.2, -0.15) is 0 Å². The van der Waals surface area contributed by atoms with E-state index >= 15 is 0 Å². The van der Waals surface area contributed by atoms with Crippen molar-refractivity contribution in [2.24, 2.45) is 16.6 Å². The van der Waals surface area contributed by atoms with Crippen LogP contribution in [0.1, 0.15) is 197 Å². The molecule has 6 N–H and O–H groups in total. The fraction of sp³-hybridized carbons (Fsp3) is 0.344. The number of carbonyl (C=O) groups is 14. The van der Waals surface area contributed by atoms with Crippen LogP contribution in [0.5, 0.6) is 0 Å². The van der Waals surface area contributed by atoms with Crippen molar-refractivity contribution in [3.05, 3.63) is 274 Å². The first-order chi connectivity index (χ1) is 61.9. The fourth-order valence-electron chi connectivity index (χ4n) is 12.0. The van der Waals surface area contributed by atoms with Gasteiger partial charge >= 0.3 is 101 Å². The summed E-state index contributed by atoms with van der Waals surface area (Å²) in [5.41, 5.74) is 13.2. The van der Waals surface area contributed by atoms with Gasteiger partial charge < -0.3 is 66.6 Å². The molecule has 134 heavy (non-hydrogen) atoms. The minimum atomic E-state index is -1.12. The average molecular weight is 1960 g/mol. The van der Waals surface area contributed by atoms with Crippen LogP contribution in [-0.2, 0) is 105 Å². The molecular formula is C96H106Cl4F4N4Na2O24. The van der Waals surface area contributed by atoms with Crippen molar-refractivity contribution in [3.63, 3.8) is 0 Å². The van der Waals surface area contributed by atoms with Crippen LogP contribution in [0.3, 0.4) is 0 Å². The zero-order valence-corrected chi connectivity index (χ0v) is 82.4. The zero-order valence-electron chi connectivity index (χ0n) is 76.3. The number of nitrogens with one attached hydrogen (secondary N) is 1. The van der Waals surface area contributed by atoms with E-state index in [1.807, 2.05) is 0 Å². The maximum Gasteiger partial charge on any atom is 1.00 e. The van der Waals surface area contributed by atoms with E-state index in [1.54, 1.807) is 108 Å². The number of halogens is 8. The molecule has 0 aromatic heterocycles. The van der Waals surface area contributed by atoms with Crippen LogP contribution in [0.2, 0.25) is 20.1 Å². The Morgan fingerprint density at radius 2 is 0.925 bits per heavy atom. The molecule has 38 heteroatoms. The van der Waals surface area contributed by atoms with E-state index in [-0.39, 0.29) is 207 Å². The molecule has 10 rings (SSSR count). The number of aliphatic carboxylic acids is 1. The van der Waals surface area contributed by atoms with Gasteiger partial charge in [-0.3, -0.25) is 67.3 Å². The molecule has 2 aliphatic heterocycles. The maximum atomic E-state index is 14.4. The predicted molar refractivity (Wildman–Crippen MR) is 484 cm³/mol. The van der Waals surface area contributed by atoms with Crippen molar-refractivity contribution in [2.45, 2.75) is 168 Å². The number of carbonyl (C=O) groups excluding carboxylic acids is 13. The van der Waals surface area contributed by atoms with Crippen molar-refractivity contribution >= 4 is 141 Å². The number of methoxy groups -OCH3 is 4. The third-order valence-electron chi connectivity index (χ3n) is 18.5. The Kier molecular flexibility index (Phi) is 56.5. The van der Waals surface area contributed by atoms with Crippen LogP contribution in [0.25, 0.3) is 0 Å². The number of Topliss-reactive ketones (excluding diaryl/α,β-unsaturated/α-hetero) is 3. The van der Waals surface area contributed by atoms with E-state index in [0.29, 0.717) is 43.0 Å². The van der Waals surface area contributed by atoms with Crippen LogP contribution < -0.4 is 81.2 Å². The number of nitrogens with zero attached hydrogens (tertiary/aromatic N) is 1. The molecule has 1 amide bonds. The summed E-state index contributed by atoms with van der Waals surface area (Å²) in [6, 6.07) is 38.9. The second-order valence-corrected chi connectivity index (χ2v) is 32.3. The summed E-state index contributed by atoms with van der Waals surface area (Å²) in [4.78, 5) is 172. The normalized spacial score (nSPS) is 12.6. The molecule has 0 bridgehead atoms. The number of benzene rings is 8. The van der Waals surface area contributed by atoms with Crippen LogP contribution in [0.15, 0.2) is 175 Å². The van der Waals surface area contributed by atoms with E-state index in [0.717, 1.165) is 24.8 Å². The van der Waals surface area contributed by atoms with E-state index < -0.39 is 124 Å². The molecule has 8 aromatic carbocycles. The van der Waals surface area contributed by atoms with E-state index in [4.69, 9.17) is 87.2 Å². The molecule has 0 radical (unpaired) electrons. The summed E-state index contributed by atoms with van der Waals surface area (Å²) in [5, 5.41) is 21.3. The second-order valence-electron chi connectivity index (χ2n) is 30.6. The maximum absolute atomic E-state index is 14.4. The molecule has 2 heterocycles. The summed E-state index contributed by atoms with van der Waals surface area (Å²) >= 11 is 24.0. The summed E-state index contributed by atoms with van der Waals surface area (Å²) in [5.74, 6) is -9.52. The van der Waals surface area contributed by atoms with Gasteiger partial charge in [0.15, 0.2) is 34.7 Å². The van der Waals surface area contributed by atoms with Crippen LogP contribution >= 0.6 is 46.4 Å². The van der Waals surface area contributed by atoms with Crippen LogP contribution in [0.4, 0.5) is 28.0 Å². The molecule has 8 aromatic rings. The van der Waals surface area contributed by atoms with Gasteiger partial charge in [0.2, 0.25) is 0 Å². The molecule has 0 spiro atoms. The quantitative estimate of drug-likeness (QED) is 0.00374. The molecule has 2 aliphatic rings. The van der Waals surface area contributed by atoms with Gasteiger partial charge in [0.25, 0.3) is 6.47 Å². The Morgan fingerprint density at radius 1 is 0.530 bits per heavy atom. The van der Waals surface area contributed by atoms with Crippen LogP contribution in [-0.4, -0.2) is 165 Å². The van der Waals surface area contributed by atoms with Gasteiger partial charge in [0, 0.05) is 112 Å². The number of anilines is 1. The molecule has 1 fully saturated rings. The van der Waals surface area contributed by atoms with Gasteiger partial charge in [0.05, 0.1) is 75.3 Å². The number of nitrogens with two attached hydrogens (primary N) is 2. The van der Waals surface area contributed by atoms with Gasteiger partial charge in [-0.05, 0) is 200 Å². The smallest absolute Gasteiger partial charge is 1.00 e. The summed E-state index contributed by atoms with van der Waals surface area (Å²) in [7, 11) is 4.99. The minimum absolute atomic E-state index is 0. The van der Waals surface area contributed by atoms with Crippen molar-refractivity contribution in [1.29, 1.82) is 0 Å². The average Bonchev–Trinajstić information content (AvgIpc) is 1.64. The Labute approximate surface area is 839 Å². The molecule has 0 unspecified atom stereocenters. The Morgan fingerprint density at radius 3 is 1.35 bits per heavy atom. The van der Waals surface area contributed by atoms with E-state index in [2.05, 4.69) is 34.1 Å². The van der Waals surface area contributed by atoms with Crippen molar-refractivity contribution < 1.29 is 194 Å². The Bertz CT molecular complexity index is 5360. The number of aliphatic imine (C=N–C) groups is 1. The van der Waals surface area contributed by atoms with Crippen molar-refractivity contribution in [1.82, 2.24) is 5.32 Å². The van der Waals surface area contributed by atoms with Gasteiger partial charge in [-0.25, -0.2) is 22.4 Å². The van der Waals surface area contributed by atoms with E-state index in [9.17, 15) is 79.9 Å². The van der Waals surface area contributed by atoms with Gasteiger partial charge in [0.1, 0.15) is 40.5 Å². The first-order valence-electron chi connectivity index (χ1n) is 40.4. The number of carboxylic acid groups (broad SMARTS) is 1. The second kappa shape index (κ2) is 62.3. The largest absolute Gasteiger partial charge is 1.00 e. The molecular weight excluding hydrogens is 1860 g/mol. The number of ether oxygens (including phenoxy) is 7. The first-order valence-corrected chi connectivity index (χ1v) is 41.9. The standard InChI is InChI=1S/C25H27ClFNO6.C20H19ClFNO4.C20H17ClFNO3.C13H9ClFNO.C12H20O6.C4H8O.CH2O3.CH4.2Na.H/c1-25(2,3)34-24(32)28-20(11-12-22(30)33-4)21(29)13-15-9-10-16(26)14-18(15)23(31)17-7-5-6-8-19(17)27;1-27-19(25)9-8-17(23)18(24)10-12-6-7-13(21)11-15(12)20(26)14-4-2-3-5-16(14)22;1-26-19(25)9-8-17-18(24)10-12-6-7-13(21)11-15(12)20(23-17)14-4-2-3-5-16(14)22;14-8-5-6-12(16)10(7-8)13(17)9-3-1-2-4-11(9)15;1-12(2,3)18-10(14)7-8(11(15)16)5-6-9(13)17-4;1-2-4-5-3-1;2-1-4-3;;;;/h5-10,14,20H,11-13H2,1-4H3,(H,28,32);2-7,11,17H,8-10,23H2,1H3;2-7,11,17H,8-10H2,1H3;1-7H,16H2;8H,5-7H2,1-4H3,(H,15,16);1-4H2;1,3H;1H4;;;/q;;;;;;;;2*+1;-1/p-1/t20-;2*17-;;8-;;;;;;/m000.1....../s1. The number of ketones is 6. The predicted octanol–water partition coefficient (Wildman–Crippen LogP) is 10.2. The number of rotatable bonds is 30. The third kappa shape index (κ3) is 43.5. The van der Waals surface area contributed by atoms with Crippen molar-refractivity contribution in [2.75, 3.05) is 47.4 Å². The number of carboxylic acids is 1. The molecule has 1 saturated heterocycles. The summed E-state index contributed by atoms with van der Waals surface area (Å²) in [6.07, 6.45) is 1.54.